The van der Waals surface area contributed by atoms with Gasteiger partial charge in [-0.25, -0.2) is 13.8 Å². The van der Waals surface area contributed by atoms with Crippen molar-refractivity contribution in [2.75, 3.05) is 6.61 Å². The summed E-state index contributed by atoms with van der Waals surface area (Å²) in [5.41, 5.74) is -1.18. The van der Waals surface area contributed by atoms with E-state index in [2.05, 4.69) is 9.72 Å². The highest BCUT2D eigenvalue weighted by Crippen LogP contribution is 2.34. The molecule has 0 amide bonds. The maximum Gasteiger partial charge on any atom is 0.310 e. The van der Waals surface area contributed by atoms with Crippen LogP contribution in [0.3, 0.4) is 0 Å². The highest BCUT2D eigenvalue weighted by Gasteiger charge is 2.22. The summed E-state index contributed by atoms with van der Waals surface area (Å²) in [6.07, 6.45) is -2.72. The molecule has 94 valence electrons. The average molecular weight is 247 g/mol. The number of carbonyl (C=O) groups is 1. The van der Waals surface area contributed by atoms with Crippen LogP contribution < -0.4 is 0 Å². The number of aromatic nitrogens is 1. The lowest BCUT2D eigenvalue weighted by molar-refractivity contribution is -0.142. The van der Waals surface area contributed by atoms with Gasteiger partial charge in [0.25, 0.3) is 6.43 Å². The van der Waals surface area contributed by atoms with Gasteiger partial charge in [-0.15, -0.1) is 0 Å². The normalized spacial score (nSPS) is 10.6. The number of carbonyl (C=O) groups excluding carboxylic acids is 1. The minimum absolute atomic E-state index is 0.118. The Morgan fingerprint density at radius 1 is 1.53 bits per heavy atom. The summed E-state index contributed by atoms with van der Waals surface area (Å²) in [5.74, 6) is -2.14. The fourth-order valence-electron chi connectivity index (χ4n) is 1.24. The number of alkyl halides is 2. The van der Waals surface area contributed by atoms with E-state index in [1.807, 2.05) is 0 Å². The summed E-state index contributed by atoms with van der Waals surface area (Å²) >= 11 is 0. The van der Waals surface area contributed by atoms with Crippen molar-refractivity contribution in [1.82, 2.24) is 4.98 Å². The third-order valence-electron chi connectivity index (χ3n) is 2.00. The first-order chi connectivity index (χ1) is 7.97. The Morgan fingerprint density at radius 2 is 2.18 bits per heavy atom. The second-order valence-corrected chi connectivity index (χ2v) is 3.14. The van der Waals surface area contributed by atoms with E-state index < -0.39 is 36.0 Å². The SMILES string of the molecule is CCOC(=O)Cc1c(O)cnc(C(F)F)c1O. The predicted octanol–water partition coefficient (Wildman–Crippen LogP) is 1.54. The van der Waals surface area contributed by atoms with Crippen molar-refractivity contribution in [3.05, 3.63) is 17.5 Å². The van der Waals surface area contributed by atoms with Gasteiger partial charge in [0.2, 0.25) is 0 Å². The smallest absolute Gasteiger partial charge is 0.310 e. The Kier molecular flexibility index (Phi) is 4.19. The summed E-state index contributed by atoms with van der Waals surface area (Å²) in [7, 11) is 0. The number of nitrogens with zero attached hydrogens (tertiary/aromatic N) is 1. The molecule has 0 fully saturated rings. The van der Waals surface area contributed by atoms with Gasteiger partial charge in [-0.05, 0) is 6.92 Å². The van der Waals surface area contributed by atoms with Gasteiger partial charge in [0, 0.05) is 0 Å². The maximum atomic E-state index is 12.4. The quantitative estimate of drug-likeness (QED) is 0.789. The van der Waals surface area contributed by atoms with Crippen molar-refractivity contribution in [1.29, 1.82) is 0 Å². The van der Waals surface area contributed by atoms with Crippen molar-refractivity contribution in [2.24, 2.45) is 0 Å². The zero-order valence-corrected chi connectivity index (χ0v) is 8.98. The average Bonchev–Trinajstić information content (AvgIpc) is 2.24. The maximum absolute atomic E-state index is 12.4. The molecular formula is C10H11F2NO4. The van der Waals surface area contributed by atoms with Crippen molar-refractivity contribution in [3.63, 3.8) is 0 Å². The van der Waals surface area contributed by atoms with E-state index in [0.29, 0.717) is 0 Å². The number of pyridine rings is 1. The molecule has 0 aliphatic rings. The molecule has 17 heavy (non-hydrogen) atoms. The minimum atomic E-state index is -2.99. The number of esters is 1. The number of hydrogen-bond donors (Lipinski definition) is 2. The highest BCUT2D eigenvalue weighted by atomic mass is 19.3. The lowest BCUT2D eigenvalue weighted by Gasteiger charge is -2.09. The van der Waals surface area contributed by atoms with Gasteiger partial charge < -0.3 is 14.9 Å². The Balaban J connectivity index is 3.05. The van der Waals surface area contributed by atoms with E-state index in [1.165, 1.54) is 0 Å². The molecule has 1 aromatic heterocycles. The van der Waals surface area contributed by atoms with E-state index >= 15 is 0 Å². The summed E-state index contributed by atoms with van der Waals surface area (Å²) in [4.78, 5) is 14.3. The minimum Gasteiger partial charge on any atom is -0.506 e. The Bertz CT molecular complexity index is 423. The van der Waals surface area contributed by atoms with Gasteiger partial charge in [0.05, 0.1) is 24.8 Å². The van der Waals surface area contributed by atoms with Crippen LogP contribution >= 0.6 is 0 Å². The zero-order valence-electron chi connectivity index (χ0n) is 8.98. The molecule has 2 N–H and O–H groups in total. The molecule has 0 atom stereocenters. The highest BCUT2D eigenvalue weighted by molar-refractivity contribution is 5.74. The molecule has 0 unspecified atom stereocenters. The lowest BCUT2D eigenvalue weighted by Crippen LogP contribution is -2.09. The van der Waals surface area contributed by atoms with Crippen LogP contribution in [-0.4, -0.2) is 27.8 Å². The monoisotopic (exact) mass is 247 g/mol. The second kappa shape index (κ2) is 5.42. The molecule has 1 heterocycles. The molecular weight excluding hydrogens is 236 g/mol. The lowest BCUT2D eigenvalue weighted by atomic mass is 10.1. The molecule has 1 aromatic rings. The van der Waals surface area contributed by atoms with Crippen molar-refractivity contribution in [3.8, 4) is 11.5 Å². The number of rotatable bonds is 4. The van der Waals surface area contributed by atoms with E-state index in [4.69, 9.17) is 0 Å². The molecule has 5 nitrogen and oxygen atoms in total. The number of aromatic hydroxyl groups is 2. The topological polar surface area (TPSA) is 79.7 Å². The van der Waals surface area contributed by atoms with Crippen molar-refractivity contribution in [2.45, 2.75) is 19.8 Å². The number of hydrogen-bond acceptors (Lipinski definition) is 5. The van der Waals surface area contributed by atoms with Crippen LogP contribution in [-0.2, 0) is 16.0 Å². The van der Waals surface area contributed by atoms with Crippen LogP contribution in [0, 0.1) is 0 Å². The summed E-state index contributed by atoms with van der Waals surface area (Å²) in [6.45, 7) is 1.70. The fourth-order valence-corrected chi connectivity index (χ4v) is 1.24. The van der Waals surface area contributed by atoms with Crippen LogP contribution in [0.2, 0.25) is 0 Å². The van der Waals surface area contributed by atoms with Crippen molar-refractivity contribution >= 4 is 5.97 Å². The largest absolute Gasteiger partial charge is 0.506 e. The molecule has 0 saturated heterocycles. The number of halogens is 2. The van der Waals surface area contributed by atoms with Crippen LogP contribution in [0.25, 0.3) is 0 Å². The van der Waals surface area contributed by atoms with Crippen LogP contribution in [0.5, 0.6) is 11.5 Å². The first-order valence-electron chi connectivity index (χ1n) is 4.80. The first-order valence-corrected chi connectivity index (χ1v) is 4.80. The van der Waals surface area contributed by atoms with E-state index in [-0.39, 0.29) is 12.2 Å². The molecule has 0 aliphatic heterocycles. The van der Waals surface area contributed by atoms with Gasteiger partial charge in [0.1, 0.15) is 17.2 Å². The zero-order chi connectivity index (χ0) is 13.0. The Labute approximate surface area is 95.7 Å². The van der Waals surface area contributed by atoms with Gasteiger partial charge in [-0.2, -0.15) is 0 Å². The van der Waals surface area contributed by atoms with E-state index in [9.17, 15) is 23.8 Å². The van der Waals surface area contributed by atoms with Crippen LogP contribution in [0.1, 0.15) is 24.6 Å². The van der Waals surface area contributed by atoms with Gasteiger partial charge in [-0.3, -0.25) is 4.79 Å². The molecule has 0 saturated carbocycles. The molecule has 1 rings (SSSR count). The summed E-state index contributed by atoms with van der Waals surface area (Å²) in [6, 6.07) is 0. The second-order valence-electron chi connectivity index (χ2n) is 3.14. The van der Waals surface area contributed by atoms with Crippen molar-refractivity contribution < 1.29 is 28.5 Å². The molecule has 0 aliphatic carbocycles. The Morgan fingerprint density at radius 3 is 2.71 bits per heavy atom. The standard InChI is InChI=1S/C10H11F2NO4/c1-2-17-7(15)3-5-6(14)4-13-8(9(5)16)10(11)12/h4,10,14,16H,2-3H2,1H3. The fraction of sp³-hybridized carbons (Fsp3) is 0.400. The summed E-state index contributed by atoms with van der Waals surface area (Å²) < 4.78 is 29.4. The first kappa shape index (κ1) is 13.1. The summed E-state index contributed by atoms with van der Waals surface area (Å²) in [5, 5.41) is 18.8. The third kappa shape index (κ3) is 3.02. The van der Waals surface area contributed by atoms with Crippen LogP contribution in [0.4, 0.5) is 8.78 Å². The van der Waals surface area contributed by atoms with Gasteiger partial charge in [0.15, 0.2) is 0 Å². The molecule has 0 bridgehead atoms. The van der Waals surface area contributed by atoms with E-state index in [1.54, 1.807) is 6.92 Å². The number of ether oxygens (including phenoxy) is 1. The van der Waals surface area contributed by atoms with Gasteiger partial charge >= 0.3 is 5.97 Å². The molecule has 0 aromatic carbocycles. The third-order valence-corrected chi connectivity index (χ3v) is 2.00. The predicted molar refractivity (Wildman–Crippen MR) is 52.9 cm³/mol. The van der Waals surface area contributed by atoms with Gasteiger partial charge in [-0.1, -0.05) is 0 Å². The Hall–Kier alpha value is -1.92. The van der Waals surface area contributed by atoms with E-state index in [0.717, 1.165) is 6.20 Å². The molecule has 0 spiro atoms. The molecule has 0 radical (unpaired) electrons. The molecule has 7 heteroatoms. The van der Waals surface area contributed by atoms with Crippen LogP contribution in [0.15, 0.2) is 6.20 Å².